The van der Waals surface area contributed by atoms with Crippen molar-refractivity contribution in [3.63, 3.8) is 0 Å². The average Bonchev–Trinajstić information content (AvgIpc) is 2.79. The molecule has 0 bridgehead atoms. The van der Waals surface area contributed by atoms with Crippen LogP contribution in [0.15, 0.2) is 60.2 Å². The summed E-state index contributed by atoms with van der Waals surface area (Å²) in [5.41, 5.74) is 3.49. The van der Waals surface area contributed by atoms with E-state index in [1.165, 1.54) is 24.8 Å². The fourth-order valence-electron chi connectivity index (χ4n) is 3.36. The molecule has 0 saturated heterocycles. The van der Waals surface area contributed by atoms with Crippen LogP contribution in [-0.4, -0.2) is 32.0 Å². The molecule has 6 nitrogen and oxygen atoms in total. The van der Waals surface area contributed by atoms with Gasteiger partial charge in [0.2, 0.25) is 5.91 Å². The number of benzene rings is 2. The molecule has 0 spiro atoms. The molecule has 3 rings (SSSR count). The maximum absolute atomic E-state index is 12.4. The number of amides is 2. The van der Waals surface area contributed by atoms with Crippen molar-refractivity contribution in [2.45, 2.75) is 32.1 Å². The smallest absolute Gasteiger partial charge is 0.255 e. The van der Waals surface area contributed by atoms with E-state index in [4.69, 9.17) is 4.74 Å². The van der Waals surface area contributed by atoms with Gasteiger partial charge >= 0.3 is 0 Å². The molecule has 2 aromatic rings. The molecule has 0 aliphatic heterocycles. The molecule has 0 aromatic heterocycles. The number of nitrogens with one attached hydrogen (secondary N) is 3. The minimum atomic E-state index is -0.193. The standard InChI is InChI=1S/C24H29N3O3/c1-30-22-13-11-21(12-14-22)27-24(29)19-7-9-20(10-8-19)26-17-23(28)25-16-15-18-5-3-2-4-6-18/h5,7-14,26H,2-4,6,15-17H2,1H3,(H,25,28)(H,27,29). The highest BCUT2D eigenvalue weighted by molar-refractivity contribution is 6.04. The summed E-state index contributed by atoms with van der Waals surface area (Å²) in [6.45, 7) is 0.882. The third kappa shape index (κ3) is 6.65. The second-order valence-electron chi connectivity index (χ2n) is 7.32. The number of methoxy groups -OCH3 is 1. The van der Waals surface area contributed by atoms with E-state index in [-0.39, 0.29) is 18.4 Å². The molecule has 30 heavy (non-hydrogen) atoms. The molecule has 158 valence electrons. The van der Waals surface area contributed by atoms with Crippen molar-refractivity contribution in [1.82, 2.24) is 5.32 Å². The molecule has 2 aromatic carbocycles. The minimum absolute atomic E-state index is 0.0345. The summed E-state index contributed by atoms with van der Waals surface area (Å²) in [7, 11) is 1.60. The van der Waals surface area contributed by atoms with Gasteiger partial charge in [-0.15, -0.1) is 0 Å². The minimum Gasteiger partial charge on any atom is -0.497 e. The number of allylic oxidation sites excluding steroid dienone is 1. The predicted octanol–water partition coefficient (Wildman–Crippen LogP) is 4.37. The lowest BCUT2D eigenvalue weighted by Gasteiger charge is -2.13. The summed E-state index contributed by atoms with van der Waals surface area (Å²) in [5, 5.41) is 8.88. The molecule has 0 saturated carbocycles. The maximum atomic E-state index is 12.4. The number of rotatable bonds is 9. The Morgan fingerprint density at radius 2 is 1.70 bits per heavy atom. The third-order valence-corrected chi connectivity index (χ3v) is 5.10. The van der Waals surface area contributed by atoms with Crippen LogP contribution in [0.25, 0.3) is 0 Å². The Hall–Kier alpha value is -3.28. The van der Waals surface area contributed by atoms with Crippen molar-refractivity contribution < 1.29 is 14.3 Å². The van der Waals surface area contributed by atoms with Crippen molar-refractivity contribution in [2.24, 2.45) is 0 Å². The Morgan fingerprint density at radius 1 is 0.967 bits per heavy atom. The van der Waals surface area contributed by atoms with Gasteiger partial charge in [0.1, 0.15) is 5.75 Å². The summed E-state index contributed by atoms with van der Waals surface area (Å²) in [6, 6.07) is 14.2. The summed E-state index contributed by atoms with van der Waals surface area (Å²) < 4.78 is 5.11. The molecule has 0 atom stereocenters. The van der Waals surface area contributed by atoms with Gasteiger partial charge in [0.25, 0.3) is 5.91 Å². The van der Waals surface area contributed by atoms with Crippen molar-refractivity contribution in [1.29, 1.82) is 0 Å². The van der Waals surface area contributed by atoms with E-state index < -0.39 is 0 Å². The van der Waals surface area contributed by atoms with E-state index in [1.807, 2.05) is 0 Å². The van der Waals surface area contributed by atoms with E-state index in [9.17, 15) is 9.59 Å². The van der Waals surface area contributed by atoms with Gasteiger partial charge in [-0.1, -0.05) is 11.6 Å². The van der Waals surface area contributed by atoms with E-state index in [0.717, 1.165) is 24.3 Å². The number of anilines is 2. The Kier molecular flexibility index (Phi) is 7.89. The largest absolute Gasteiger partial charge is 0.497 e. The van der Waals surface area contributed by atoms with E-state index in [1.54, 1.807) is 55.6 Å². The number of hydrogen-bond donors (Lipinski definition) is 3. The third-order valence-electron chi connectivity index (χ3n) is 5.10. The van der Waals surface area contributed by atoms with Crippen LogP contribution in [0.2, 0.25) is 0 Å². The topological polar surface area (TPSA) is 79.5 Å². The van der Waals surface area contributed by atoms with Crippen LogP contribution < -0.4 is 20.7 Å². The van der Waals surface area contributed by atoms with Gasteiger partial charge in [-0.05, 0) is 80.6 Å². The highest BCUT2D eigenvalue weighted by atomic mass is 16.5. The molecule has 6 heteroatoms. The van der Waals surface area contributed by atoms with Crippen LogP contribution in [0, 0.1) is 0 Å². The first-order chi connectivity index (χ1) is 14.6. The summed E-state index contributed by atoms with van der Waals surface area (Å²) >= 11 is 0. The fraction of sp³-hybridized carbons (Fsp3) is 0.333. The first-order valence-electron chi connectivity index (χ1n) is 10.4. The first-order valence-corrected chi connectivity index (χ1v) is 10.4. The Morgan fingerprint density at radius 3 is 2.37 bits per heavy atom. The fourth-order valence-corrected chi connectivity index (χ4v) is 3.36. The molecule has 0 unspecified atom stereocenters. The van der Waals surface area contributed by atoms with Crippen molar-refractivity contribution in [3.05, 3.63) is 65.7 Å². The SMILES string of the molecule is COc1ccc(NC(=O)c2ccc(NCC(=O)NCCC3=CCCCC3)cc2)cc1. The average molecular weight is 408 g/mol. The number of carbonyl (C=O) groups excluding carboxylic acids is 2. The van der Waals surface area contributed by atoms with Crippen LogP contribution >= 0.6 is 0 Å². The number of hydrogen-bond acceptors (Lipinski definition) is 4. The van der Waals surface area contributed by atoms with Crippen LogP contribution in [-0.2, 0) is 4.79 Å². The zero-order valence-electron chi connectivity index (χ0n) is 17.4. The Balaban J connectivity index is 1.40. The molecule has 1 aliphatic carbocycles. The van der Waals surface area contributed by atoms with Gasteiger partial charge in [0.15, 0.2) is 0 Å². The Labute approximate surface area is 177 Å². The molecule has 0 fully saturated rings. The van der Waals surface area contributed by atoms with Gasteiger partial charge in [-0.2, -0.15) is 0 Å². The summed E-state index contributed by atoms with van der Waals surface area (Å²) in [5.74, 6) is 0.507. The lowest BCUT2D eigenvalue weighted by molar-refractivity contribution is -0.119. The van der Waals surface area contributed by atoms with Crippen molar-refractivity contribution >= 4 is 23.2 Å². The molecule has 2 amide bonds. The molecule has 3 N–H and O–H groups in total. The van der Waals surface area contributed by atoms with Crippen LogP contribution in [0.1, 0.15) is 42.5 Å². The van der Waals surface area contributed by atoms with Gasteiger partial charge in [0.05, 0.1) is 13.7 Å². The van der Waals surface area contributed by atoms with Gasteiger partial charge in [0, 0.05) is 23.5 Å². The van der Waals surface area contributed by atoms with Crippen LogP contribution in [0.4, 0.5) is 11.4 Å². The van der Waals surface area contributed by atoms with Gasteiger partial charge < -0.3 is 20.7 Å². The maximum Gasteiger partial charge on any atom is 0.255 e. The number of ether oxygens (including phenoxy) is 1. The highest BCUT2D eigenvalue weighted by Gasteiger charge is 2.08. The number of carbonyl (C=O) groups is 2. The highest BCUT2D eigenvalue weighted by Crippen LogP contribution is 2.19. The molecular formula is C24H29N3O3. The Bertz CT molecular complexity index is 874. The van der Waals surface area contributed by atoms with E-state index in [0.29, 0.717) is 17.8 Å². The zero-order chi connectivity index (χ0) is 21.2. The lowest BCUT2D eigenvalue weighted by atomic mass is 9.97. The second-order valence-corrected chi connectivity index (χ2v) is 7.32. The summed E-state index contributed by atoms with van der Waals surface area (Å²) in [4.78, 5) is 24.4. The van der Waals surface area contributed by atoms with Crippen molar-refractivity contribution in [2.75, 3.05) is 30.8 Å². The normalized spacial score (nSPS) is 13.2. The zero-order valence-corrected chi connectivity index (χ0v) is 17.4. The van der Waals surface area contributed by atoms with Gasteiger partial charge in [-0.3, -0.25) is 9.59 Å². The predicted molar refractivity (Wildman–Crippen MR) is 120 cm³/mol. The van der Waals surface area contributed by atoms with Gasteiger partial charge in [-0.25, -0.2) is 0 Å². The summed E-state index contributed by atoms with van der Waals surface area (Å²) in [6.07, 6.45) is 8.10. The van der Waals surface area contributed by atoms with Crippen LogP contribution in [0.5, 0.6) is 5.75 Å². The van der Waals surface area contributed by atoms with Crippen LogP contribution in [0.3, 0.4) is 0 Å². The van der Waals surface area contributed by atoms with E-state index >= 15 is 0 Å². The monoisotopic (exact) mass is 407 g/mol. The molecule has 0 radical (unpaired) electrons. The lowest BCUT2D eigenvalue weighted by Crippen LogP contribution is -2.30. The van der Waals surface area contributed by atoms with Crippen molar-refractivity contribution in [3.8, 4) is 5.75 Å². The van der Waals surface area contributed by atoms with E-state index in [2.05, 4.69) is 22.0 Å². The molecular weight excluding hydrogens is 378 g/mol. The quantitative estimate of drug-likeness (QED) is 0.540. The molecule has 0 heterocycles. The molecule has 1 aliphatic rings. The first kappa shape index (κ1) is 21.4. The second kappa shape index (κ2) is 11.0.